The summed E-state index contributed by atoms with van der Waals surface area (Å²) in [6.07, 6.45) is -0.465. The maximum atomic E-state index is 12.2. The number of ether oxygens (including phenoxy) is 1. The summed E-state index contributed by atoms with van der Waals surface area (Å²) in [4.78, 5) is 25.0. The molecule has 9 heteroatoms. The van der Waals surface area contributed by atoms with Gasteiger partial charge in [-0.3, -0.25) is 9.48 Å². The summed E-state index contributed by atoms with van der Waals surface area (Å²) < 4.78 is 6.77. The van der Waals surface area contributed by atoms with Gasteiger partial charge in [0, 0.05) is 18.4 Å². The van der Waals surface area contributed by atoms with E-state index in [1.807, 2.05) is 6.92 Å². The van der Waals surface area contributed by atoms with Crippen LogP contribution in [0.3, 0.4) is 0 Å². The Kier molecular flexibility index (Phi) is 6.11. The van der Waals surface area contributed by atoms with Crippen LogP contribution in [0, 0.1) is 12.8 Å². The Morgan fingerprint density at radius 1 is 1.56 bits per heavy atom. The Hall–Kier alpha value is -1.19. The second-order valence-corrected chi connectivity index (χ2v) is 6.25. The van der Waals surface area contributed by atoms with E-state index >= 15 is 0 Å². The van der Waals surface area contributed by atoms with Gasteiger partial charge in [0.15, 0.2) is 0 Å². The average molecular weight is 357 g/mol. The molecule has 2 aliphatic heterocycles. The summed E-state index contributed by atoms with van der Waals surface area (Å²) in [5, 5.41) is 25.8. The van der Waals surface area contributed by atoms with Gasteiger partial charge < -0.3 is 24.6 Å². The van der Waals surface area contributed by atoms with Crippen LogP contribution in [0.2, 0.25) is 0 Å². The van der Waals surface area contributed by atoms with Crippen LogP contribution in [0.25, 0.3) is 5.57 Å². The summed E-state index contributed by atoms with van der Waals surface area (Å²) in [6, 6.07) is 1.45. The van der Waals surface area contributed by atoms with Crippen molar-refractivity contribution in [1.82, 2.24) is 14.7 Å². The topological polar surface area (TPSA) is 108 Å². The number of carboxylic acid groups (broad SMARTS) is 1. The van der Waals surface area contributed by atoms with E-state index in [1.165, 1.54) is 4.90 Å². The quantitative estimate of drug-likeness (QED) is 0.410. The first kappa shape index (κ1) is 20.1. The van der Waals surface area contributed by atoms with Gasteiger partial charge in [-0.2, -0.15) is 5.10 Å². The van der Waals surface area contributed by atoms with E-state index < -0.39 is 18.0 Å². The zero-order valence-electron chi connectivity index (χ0n) is 14.9. The number of aliphatic hydroxyl groups is 1. The molecule has 1 aromatic heterocycles. The number of aryl methyl sites for hydroxylation is 1. The predicted octanol–water partition coefficient (Wildman–Crippen LogP) is -4.09. The minimum atomic E-state index is -1.39. The first-order valence-electron chi connectivity index (χ1n) is 7.86. The number of β-lactam (4-membered cyclic amide) rings is 1. The van der Waals surface area contributed by atoms with Gasteiger partial charge in [0.2, 0.25) is 5.91 Å². The van der Waals surface area contributed by atoms with Crippen molar-refractivity contribution in [2.75, 3.05) is 13.7 Å². The summed E-state index contributed by atoms with van der Waals surface area (Å²) in [5.74, 6) is -2.35. The smallest absolute Gasteiger partial charge is 0.543 e. The standard InChI is InChI=1S/C16H21N3O5.Na/c1-8-6-11(17-18(8)4-5-24-3)10-7-12-13(9(2)20)15(21)19(12)14(10)16(22)23;/h6,9,12-13,20H,4-5,7H2,1-3H3,(H,22,23);/q;+1/p-1/t9-,12-,13-;/m1./s1. The number of carboxylic acids is 1. The molecular weight excluding hydrogens is 337 g/mol. The number of rotatable bonds is 6. The number of carbonyl (C=O) groups excluding carboxylic acids is 2. The van der Waals surface area contributed by atoms with E-state index in [0.717, 1.165) is 5.69 Å². The van der Waals surface area contributed by atoms with Crippen molar-refractivity contribution in [3.63, 3.8) is 0 Å². The molecule has 1 saturated heterocycles. The van der Waals surface area contributed by atoms with E-state index in [2.05, 4.69) is 5.10 Å². The van der Waals surface area contributed by atoms with Gasteiger partial charge in [-0.05, 0) is 26.3 Å². The second-order valence-electron chi connectivity index (χ2n) is 6.25. The fourth-order valence-electron chi connectivity index (χ4n) is 3.55. The number of methoxy groups -OCH3 is 1. The van der Waals surface area contributed by atoms with E-state index in [4.69, 9.17) is 4.74 Å². The fraction of sp³-hybridized carbons (Fsp3) is 0.562. The fourth-order valence-corrected chi connectivity index (χ4v) is 3.55. The molecule has 1 amide bonds. The molecule has 1 fully saturated rings. The average Bonchev–Trinajstić information content (AvgIpc) is 3.03. The third kappa shape index (κ3) is 3.29. The van der Waals surface area contributed by atoms with Crippen molar-refractivity contribution in [3.05, 3.63) is 23.2 Å². The molecule has 0 aliphatic carbocycles. The maximum absolute atomic E-state index is 12.2. The first-order chi connectivity index (χ1) is 11.4. The molecule has 0 saturated carbocycles. The van der Waals surface area contributed by atoms with Crippen LogP contribution in [0.4, 0.5) is 0 Å². The Morgan fingerprint density at radius 2 is 2.24 bits per heavy atom. The van der Waals surface area contributed by atoms with Crippen LogP contribution in [0.15, 0.2) is 11.8 Å². The Balaban J connectivity index is 0.00000225. The van der Waals surface area contributed by atoms with Gasteiger partial charge in [-0.25, -0.2) is 0 Å². The largest absolute Gasteiger partial charge is 1.00 e. The minimum absolute atomic E-state index is 0. The van der Waals surface area contributed by atoms with Gasteiger partial charge in [0.05, 0.1) is 48.6 Å². The maximum Gasteiger partial charge on any atom is 1.00 e. The van der Waals surface area contributed by atoms with Crippen molar-refractivity contribution >= 4 is 17.4 Å². The van der Waals surface area contributed by atoms with E-state index in [9.17, 15) is 19.8 Å². The molecule has 2 aliphatic rings. The molecule has 0 unspecified atom stereocenters. The van der Waals surface area contributed by atoms with Gasteiger partial charge >= 0.3 is 29.6 Å². The van der Waals surface area contributed by atoms with Crippen molar-refractivity contribution in [2.45, 2.75) is 39.0 Å². The number of aromatic nitrogens is 2. The molecule has 3 heterocycles. The molecular formula is C16H20N3NaO5. The van der Waals surface area contributed by atoms with Gasteiger partial charge in [0.25, 0.3) is 0 Å². The Bertz CT molecular complexity index is 727. The van der Waals surface area contributed by atoms with Crippen molar-refractivity contribution in [1.29, 1.82) is 0 Å². The molecule has 1 N–H and O–H groups in total. The van der Waals surface area contributed by atoms with Crippen LogP contribution in [-0.4, -0.2) is 57.5 Å². The van der Waals surface area contributed by atoms with E-state index in [0.29, 0.717) is 30.8 Å². The number of fused-ring (bicyclic) bond motifs is 1. The summed E-state index contributed by atoms with van der Waals surface area (Å²) in [7, 11) is 1.60. The predicted molar refractivity (Wildman–Crippen MR) is 81.2 cm³/mol. The number of nitrogens with zero attached hydrogens (tertiary/aromatic N) is 3. The van der Waals surface area contributed by atoms with Crippen LogP contribution in [0.5, 0.6) is 0 Å². The van der Waals surface area contributed by atoms with Crippen LogP contribution < -0.4 is 34.7 Å². The molecule has 3 rings (SSSR count). The van der Waals surface area contributed by atoms with Crippen LogP contribution >= 0.6 is 0 Å². The summed E-state index contributed by atoms with van der Waals surface area (Å²) in [5.41, 5.74) is 1.75. The van der Waals surface area contributed by atoms with Gasteiger partial charge in [0.1, 0.15) is 0 Å². The first-order valence-corrected chi connectivity index (χ1v) is 7.86. The normalized spacial score (nSPS) is 23.2. The van der Waals surface area contributed by atoms with Crippen molar-refractivity contribution < 1.29 is 54.1 Å². The number of hydrogen-bond donors (Lipinski definition) is 1. The zero-order chi connectivity index (χ0) is 17.6. The van der Waals surface area contributed by atoms with Crippen molar-refractivity contribution in [3.8, 4) is 0 Å². The van der Waals surface area contributed by atoms with Gasteiger partial charge in [-0.15, -0.1) is 0 Å². The Morgan fingerprint density at radius 3 is 2.80 bits per heavy atom. The zero-order valence-corrected chi connectivity index (χ0v) is 16.9. The summed E-state index contributed by atoms with van der Waals surface area (Å²) >= 11 is 0. The van der Waals surface area contributed by atoms with E-state index in [-0.39, 0.29) is 47.2 Å². The van der Waals surface area contributed by atoms with Gasteiger partial charge in [-0.1, -0.05) is 0 Å². The molecule has 1 aromatic rings. The SMILES string of the molecule is COCCn1nc(C2=C(C(=O)[O-])N3C(=O)[C@H]([C@@H](C)O)[C@H]3C2)cc1C.[Na+]. The number of hydrogen-bond acceptors (Lipinski definition) is 6. The number of carbonyl (C=O) groups is 2. The Labute approximate surface area is 167 Å². The van der Waals surface area contributed by atoms with Crippen LogP contribution in [0.1, 0.15) is 24.7 Å². The van der Waals surface area contributed by atoms with Crippen molar-refractivity contribution in [2.24, 2.45) is 5.92 Å². The second kappa shape index (κ2) is 7.59. The van der Waals surface area contributed by atoms with Crippen LogP contribution in [-0.2, 0) is 20.9 Å². The van der Waals surface area contributed by atoms with E-state index in [1.54, 1.807) is 24.8 Å². The third-order valence-electron chi connectivity index (χ3n) is 4.72. The molecule has 8 nitrogen and oxygen atoms in total. The molecule has 25 heavy (non-hydrogen) atoms. The molecule has 0 aromatic carbocycles. The molecule has 0 spiro atoms. The molecule has 0 radical (unpaired) electrons. The third-order valence-corrected chi connectivity index (χ3v) is 4.72. The number of amides is 1. The molecule has 0 bridgehead atoms. The molecule has 130 valence electrons. The minimum Gasteiger partial charge on any atom is -0.543 e. The molecule has 3 atom stereocenters. The number of aliphatic hydroxyl groups excluding tert-OH is 1. The monoisotopic (exact) mass is 357 g/mol. The number of aliphatic carboxylic acids is 1. The summed E-state index contributed by atoms with van der Waals surface area (Å²) in [6.45, 7) is 4.46.